The second kappa shape index (κ2) is 8.16. The van der Waals surface area contributed by atoms with Crippen molar-refractivity contribution >= 4 is 12.0 Å². The molecule has 0 unspecified atom stereocenters. The first kappa shape index (κ1) is 17.5. The smallest absolute Gasteiger partial charge is 0.246 e. The van der Waals surface area contributed by atoms with Crippen LogP contribution in [0.4, 0.5) is 0 Å². The average Bonchev–Trinajstić information content (AvgIpc) is 3.15. The SMILES string of the molecule is COc1cccc(C=CC(=O)N(C)Cc2cnn(-c3ccccc3)c2)c1. The van der Waals surface area contributed by atoms with Crippen molar-refractivity contribution in [1.82, 2.24) is 14.7 Å². The number of ether oxygens (including phenoxy) is 1. The zero-order valence-corrected chi connectivity index (χ0v) is 14.9. The van der Waals surface area contributed by atoms with Crippen LogP contribution in [0.2, 0.25) is 0 Å². The monoisotopic (exact) mass is 347 g/mol. The van der Waals surface area contributed by atoms with Crippen molar-refractivity contribution < 1.29 is 9.53 Å². The van der Waals surface area contributed by atoms with Crippen LogP contribution in [0.1, 0.15) is 11.1 Å². The number of carbonyl (C=O) groups is 1. The van der Waals surface area contributed by atoms with E-state index in [2.05, 4.69) is 5.10 Å². The molecule has 1 aromatic heterocycles. The highest BCUT2D eigenvalue weighted by atomic mass is 16.5. The first-order valence-electron chi connectivity index (χ1n) is 8.32. The molecule has 5 nitrogen and oxygen atoms in total. The lowest BCUT2D eigenvalue weighted by atomic mass is 10.2. The number of aromatic nitrogens is 2. The number of hydrogen-bond acceptors (Lipinski definition) is 3. The van der Waals surface area contributed by atoms with Gasteiger partial charge < -0.3 is 9.64 Å². The van der Waals surface area contributed by atoms with Crippen molar-refractivity contribution in [3.8, 4) is 11.4 Å². The molecule has 0 atom stereocenters. The highest BCUT2D eigenvalue weighted by Crippen LogP contribution is 2.14. The molecule has 0 fully saturated rings. The number of carbonyl (C=O) groups excluding carboxylic acids is 1. The van der Waals surface area contributed by atoms with Gasteiger partial charge in [-0.15, -0.1) is 0 Å². The lowest BCUT2D eigenvalue weighted by Gasteiger charge is -2.13. The van der Waals surface area contributed by atoms with Crippen molar-refractivity contribution in [2.45, 2.75) is 6.54 Å². The van der Waals surface area contributed by atoms with Gasteiger partial charge in [0.2, 0.25) is 5.91 Å². The van der Waals surface area contributed by atoms with Crippen molar-refractivity contribution in [2.24, 2.45) is 0 Å². The Balaban J connectivity index is 1.62. The zero-order valence-electron chi connectivity index (χ0n) is 14.9. The summed E-state index contributed by atoms with van der Waals surface area (Å²) < 4.78 is 6.99. The predicted molar refractivity (Wildman–Crippen MR) is 102 cm³/mol. The van der Waals surface area contributed by atoms with Gasteiger partial charge in [0.05, 0.1) is 19.0 Å². The maximum Gasteiger partial charge on any atom is 0.246 e. The quantitative estimate of drug-likeness (QED) is 0.641. The number of hydrogen-bond donors (Lipinski definition) is 0. The Hall–Kier alpha value is -3.34. The first-order valence-corrected chi connectivity index (χ1v) is 8.32. The first-order chi connectivity index (χ1) is 12.7. The van der Waals surface area contributed by atoms with Gasteiger partial charge in [-0.05, 0) is 35.9 Å². The molecule has 5 heteroatoms. The summed E-state index contributed by atoms with van der Waals surface area (Å²) in [4.78, 5) is 14.0. The molecule has 0 saturated heterocycles. The Kier molecular flexibility index (Phi) is 5.49. The molecular formula is C21H21N3O2. The summed E-state index contributed by atoms with van der Waals surface area (Å²) in [6.07, 6.45) is 7.07. The zero-order chi connectivity index (χ0) is 18.4. The summed E-state index contributed by atoms with van der Waals surface area (Å²) in [5.41, 5.74) is 2.88. The van der Waals surface area contributed by atoms with E-state index in [-0.39, 0.29) is 5.91 Å². The van der Waals surface area contributed by atoms with E-state index < -0.39 is 0 Å². The highest BCUT2D eigenvalue weighted by molar-refractivity contribution is 5.91. The molecule has 2 aromatic carbocycles. The third kappa shape index (κ3) is 4.39. The van der Waals surface area contributed by atoms with E-state index >= 15 is 0 Å². The molecular weight excluding hydrogens is 326 g/mol. The largest absolute Gasteiger partial charge is 0.497 e. The van der Waals surface area contributed by atoms with Crippen LogP contribution < -0.4 is 4.74 Å². The fourth-order valence-corrected chi connectivity index (χ4v) is 2.56. The molecule has 0 N–H and O–H groups in total. The Labute approximate surface area is 153 Å². The Bertz CT molecular complexity index is 900. The number of methoxy groups -OCH3 is 1. The van der Waals surface area contributed by atoms with Crippen molar-refractivity contribution in [3.63, 3.8) is 0 Å². The molecule has 0 spiro atoms. The molecule has 0 aliphatic rings. The number of para-hydroxylation sites is 1. The van der Waals surface area contributed by atoms with E-state index in [1.807, 2.05) is 60.8 Å². The molecule has 0 saturated carbocycles. The number of nitrogens with zero attached hydrogens (tertiary/aromatic N) is 3. The van der Waals surface area contributed by atoms with Crippen molar-refractivity contribution in [3.05, 3.63) is 84.2 Å². The van der Waals surface area contributed by atoms with Gasteiger partial charge in [0.1, 0.15) is 5.75 Å². The number of amides is 1. The van der Waals surface area contributed by atoms with Crippen LogP contribution in [0, 0.1) is 0 Å². The number of benzene rings is 2. The van der Waals surface area contributed by atoms with E-state index in [0.29, 0.717) is 6.54 Å². The van der Waals surface area contributed by atoms with Crippen LogP contribution in [-0.2, 0) is 11.3 Å². The normalized spacial score (nSPS) is 10.8. The Morgan fingerprint density at radius 3 is 2.77 bits per heavy atom. The van der Waals surface area contributed by atoms with Gasteiger partial charge in [0.15, 0.2) is 0 Å². The van der Waals surface area contributed by atoms with Crippen LogP contribution in [0.3, 0.4) is 0 Å². The highest BCUT2D eigenvalue weighted by Gasteiger charge is 2.08. The molecule has 3 aromatic rings. The molecule has 0 aliphatic carbocycles. The van der Waals surface area contributed by atoms with Gasteiger partial charge >= 0.3 is 0 Å². The lowest BCUT2D eigenvalue weighted by molar-refractivity contribution is -0.125. The molecule has 3 rings (SSSR count). The maximum absolute atomic E-state index is 12.3. The van der Waals surface area contributed by atoms with Gasteiger partial charge in [0.25, 0.3) is 0 Å². The second-order valence-corrected chi connectivity index (χ2v) is 5.93. The van der Waals surface area contributed by atoms with Gasteiger partial charge in [-0.3, -0.25) is 4.79 Å². The minimum atomic E-state index is -0.0692. The molecule has 0 bridgehead atoms. The minimum absolute atomic E-state index is 0.0692. The van der Waals surface area contributed by atoms with Gasteiger partial charge in [-0.25, -0.2) is 4.68 Å². The van der Waals surface area contributed by atoms with E-state index in [4.69, 9.17) is 4.74 Å². The number of rotatable bonds is 6. The molecule has 1 amide bonds. The van der Waals surface area contributed by atoms with Crippen LogP contribution in [0.15, 0.2) is 73.1 Å². The molecule has 26 heavy (non-hydrogen) atoms. The fourth-order valence-electron chi connectivity index (χ4n) is 2.56. The van der Waals surface area contributed by atoms with Gasteiger partial charge in [0, 0.05) is 31.4 Å². The minimum Gasteiger partial charge on any atom is -0.497 e. The van der Waals surface area contributed by atoms with E-state index in [1.54, 1.807) is 42.1 Å². The summed E-state index contributed by atoms with van der Waals surface area (Å²) in [6.45, 7) is 0.494. The second-order valence-electron chi connectivity index (χ2n) is 5.93. The molecule has 1 heterocycles. The average molecular weight is 347 g/mol. The summed E-state index contributed by atoms with van der Waals surface area (Å²) in [7, 11) is 3.40. The Morgan fingerprint density at radius 1 is 1.19 bits per heavy atom. The van der Waals surface area contributed by atoms with E-state index in [0.717, 1.165) is 22.6 Å². The molecule has 132 valence electrons. The van der Waals surface area contributed by atoms with Gasteiger partial charge in [-0.2, -0.15) is 5.10 Å². The van der Waals surface area contributed by atoms with Crippen LogP contribution >= 0.6 is 0 Å². The summed E-state index contributed by atoms with van der Waals surface area (Å²) in [6, 6.07) is 17.5. The summed E-state index contributed by atoms with van der Waals surface area (Å²) >= 11 is 0. The summed E-state index contributed by atoms with van der Waals surface area (Å²) in [5.74, 6) is 0.696. The topological polar surface area (TPSA) is 47.4 Å². The third-order valence-corrected chi connectivity index (χ3v) is 3.96. The maximum atomic E-state index is 12.3. The van der Waals surface area contributed by atoms with Gasteiger partial charge in [-0.1, -0.05) is 30.3 Å². The predicted octanol–water partition coefficient (Wildman–Crippen LogP) is 3.55. The van der Waals surface area contributed by atoms with Crippen LogP contribution in [0.5, 0.6) is 5.75 Å². The Morgan fingerprint density at radius 2 is 2.00 bits per heavy atom. The van der Waals surface area contributed by atoms with Crippen LogP contribution in [0.25, 0.3) is 11.8 Å². The lowest BCUT2D eigenvalue weighted by Crippen LogP contribution is -2.23. The number of likely N-dealkylation sites (N-methyl/N-ethyl adjacent to an activating group) is 1. The molecule has 0 radical (unpaired) electrons. The van der Waals surface area contributed by atoms with Crippen LogP contribution in [-0.4, -0.2) is 34.7 Å². The molecule has 0 aliphatic heterocycles. The fraction of sp³-hybridized carbons (Fsp3) is 0.143. The van der Waals surface area contributed by atoms with Crippen molar-refractivity contribution in [2.75, 3.05) is 14.2 Å². The standard InChI is InChI=1S/C21H21N3O2/c1-23(21(25)12-11-17-7-6-10-20(13-17)26-2)15-18-14-22-24(16-18)19-8-4-3-5-9-19/h3-14,16H,15H2,1-2H3. The summed E-state index contributed by atoms with van der Waals surface area (Å²) in [5, 5.41) is 4.36. The third-order valence-electron chi connectivity index (χ3n) is 3.96. The van der Waals surface area contributed by atoms with E-state index in [1.165, 1.54) is 0 Å². The van der Waals surface area contributed by atoms with Crippen molar-refractivity contribution in [1.29, 1.82) is 0 Å². The van der Waals surface area contributed by atoms with E-state index in [9.17, 15) is 4.79 Å².